The van der Waals surface area contributed by atoms with Crippen molar-refractivity contribution in [2.45, 2.75) is 25.4 Å². The number of carbonyl (C=O) groups excluding carboxylic acids is 1. The lowest BCUT2D eigenvalue weighted by Crippen LogP contribution is -2.30. The summed E-state index contributed by atoms with van der Waals surface area (Å²) in [5.74, 6) is -1.37. The second-order valence-corrected chi connectivity index (χ2v) is 4.96. The predicted octanol–water partition coefficient (Wildman–Crippen LogP) is 0.780. The van der Waals surface area contributed by atoms with Crippen LogP contribution in [-0.2, 0) is 17.8 Å². The lowest BCUT2D eigenvalue weighted by atomic mass is 10.1. The molecule has 1 amide bonds. The standard InChI is InChI=1S/C14H14N4O3/c19-13(8-18-7-12(14(20)21)16-17-18)15-11-6-5-9-3-1-2-4-10(9)11/h1-4,7,11H,5-6,8H2,(H,15,19)(H,20,21). The summed E-state index contributed by atoms with van der Waals surface area (Å²) in [4.78, 5) is 22.7. The van der Waals surface area contributed by atoms with Gasteiger partial charge in [0.2, 0.25) is 5.91 Å². The van der Waals surface area contributed by atoms with Crippen LogP contribution in [0.4, 0.5) is 0 Å². The fourth-order valence-corrected chi connectivity index (χ4v) is 2.57. The normalized spacial score (nSPS) is 16.5. The van der Waals surface area contributed by atoms with Crippen LogP contribution in [0.15, 0.2) is 30.5 Å². The van der Waals surface area contributed by atoms with Crippen molar-refractivity contribution < 1.29 is 14.7 Å². The number of benzene rings is 1. The molecule has 0 spiro atoms. The summed E-state index contributed by atoms with van der Waals surface area (Å²) in [7, 11) is 0. The highest BCUT2D eigenvalue weighted by molar-refractivity contribution is 5.84. The van der Waals surface area contributed by atoms with E-state index in [1.54, 1.807) is 0 Å². The largest absolute Gasteiger partial charge is 0.476 e. The first-order valence-electron chi connectivity index (χ1n) is 6.64. The Balaban J connectivity index is 1.63. The number of carbonyl (C=O) groups is 2. The van der Waals surface area contributed by atoms with Crippen molar-refractivity contribution in [3.63, 3.8) is 0 Å². The van der Waals surface area contributed by atoms with Crippen LogP contribution in [0.5, 0.6) is 0 Å². The highest BCUT2D eigenvalue weighted by atomic mass is 16.4. The summed E-state index contributed by atoms with van der Waals surface area (Å²) < 4.78 is 1.22. The number of carboxylic acid groups (broad SMARTS) is 1. The van der Waals surface area contributed by atoms with Gasteiger partial charge in [0.15, 0.2) is 5.69 Å². The van der Waals surface area contributed by atoms with E-state index in [1.165, 1.54) is 16.4 Å². The van der Waals surface area contributed by atoms with E-state index in [9.17, 15) is 9.59 Å². The van der Waals surface area contributed by atoms with Crippen LogP contribution >= 0.6 is 0 Å². The van der Waals surface area contributed by atoms with Crippen LogP contribution in [0.3, 0.4) is 0 Å². The van der Waals surface area contributed by atoms with Crippen LogP contribution in [0.2, 0.25) is 0 Å². The van der Waals surface area contributed by atoms with E-state index in [4.69, 9.17) is 5.11 Å². The number of aryl methyl sites for hydroxylation is 1. The summed E-state index contributed by atoms with van der Waals surface area (Å²) >= 11 is 0. The van der Waals surface area contributed by atoms with Gasteiger partial charge in [0.1, 0.15) is 6.54 Å². The van der Waals surface area contributed by atoms with Gasteiger partial charge in [-0.15, -0.1) is 5.10 Å². The third-order valence-electron chi connectivity index (χ3n) is 3.53. The molecule has 1 unspecified atom stereocenters. The van der Waals surface area contributed by atoms with Gasteiger partial charge in [0, 0.05) is 0 Å². The quantitative estimate of drug-likeness (QED) is 0.865. The number of fused-ring (bicyclic) bond motifs is 1. The van der Waals surface area contributed by atoms with Gasteiger partial charge in [-0.25, -0.2) is 9.48 Å². The number of nitrogens with one attached hydrogen (secondary N) is 1. The highest BCUT2D eigenvalue weighted by Gasteiger charge is 2.23. The maximum atomic E-state index is 12.0. The summed E-state index contributed by atoms with van der Waals surface area (Å²) in [6, 6.07) is 8.05. The zero-order valence-electron chi connectivity index (χ0n) is 11.2. The summed E-state index contributed by atoms with van der Waals surface area (Å²) in [5.41, 5.74) is 2.24. The van der Waals surface area contributed by atoms with E-state index < -0.39 is 5.97 Å². The van der Waals surface area contributed by atoms with Crippen molar-refractivity contribution in [1.29, 1.82) is 0 Å². The first-order chi connectivity index (χ1) is 10.1. The molecule has 2 aromatic rings. The molecule has 1 heterocycles. The molecule has 1 aliphatic carbocycles. The molecule has 3 rings (SSSR count). The lowest BCUT2D eigenvalue weighted by Gasteiger charge is -2.13. The summed E-state index contributed by atoms with van der Waals surface area (Å²) in [5, 5.41) is 18.8. The Morgan fingerprint density at radius 1 is 1.38 bits per heavy atom. The maximum Gasteiger partial charge on any atom is 0.358 e. The Hall–Kier alpha value is -2.70. The smallest absolute Gasteiger partial charge is 0.358 e. The minimum Gasteiger partial charge on any atom is -0.476 e. The third kappa shape index (κ3) is 2.76. The molecular formula is C14H14N4O3. The first kappa shape index (κ1) is 13.3. The molecule has 1 aromatic carbocycles. The number of hydrogen-bond donors (Lipinski definition) is 2. The molecule has 7 heteroatoms. The lowest BCUT2D eigenvalue weighted by molar-refractivity contribution is -0.122. The van der Waals surface area contributed by atoms with Gasteiger partial charge in [-0.2, -0.15) is 0 Å². The number of aromatic nitrogens is 3. The van der Waals surface area contributed by atoms with E-state index >= 15 is 0 Å². The van der Waals surface area contributed by atoms with E-state index in [1.807, 2.05) is 18.2 Å². The SMILES string of the molecule is O=C(Cn1cc(C(=O)O)nn1)NC1CCc2ccccc21. The summed E-state index contributed by atoms with van der Waals surface area (Å²) in [6.07, 6.45) is 3.07. The van der Waals surface area contributed by atoms with Crippen molar-refractivity contribution in [1.82, 2.24) is 20.3 Å². The number of carboxylic acids is 1. The van der Waals surface area contributed by atoms with Gasteiger partial charge in [-0.3, -0.25) is 4.79 Å². The molecule has 0 saturated heterocycles. The van der Waals surface area contributed by atoms with Crippen LogP contribution in [0.1, 0.15) is 34.1 Å². The van der Waals surface area contributed by atoms with Gasteiger partial charge < -0.3 is 10.4 Å². The van der Waals surface area contributed by atoms with Crippen LogP contribution in [0.25, 0.3) is 0 Å². The molecule has 0 bridgehead atoms. The maximum absolute atomic E-state index is 12.0. The fraction of sp³-hybridized carbons (Fsp3) is 0.286. The van der Waals surface area contributed by atoms with Gasteiger partial charge >= 0.3 is 5.97 Å². The van der Waals surface area contributed by atoms with E-state index in [0.717, 1.165) is 18.4 Å². The molecule has 1 aromatic heterocycles. The van der Waals surface area contributed by atoms with E-state index in [-0.39, 0.29) is 24.2 Å². The molecule has 0 aliphatic heterocycles. The molecule has 1 aliphatic rings. The molecule has 108 valence electrons. The molecule has 21 heavy (non-hydrogen) atoms. The molecule has 7 nitrogen and oxygen atoms in total. The van der Waals surface area contributed by atoms with Gasteiger partial charge in [0.25, 0.3) is 0 Å². The van der Waals surface area contributed by atoms with Crippen molar-refractivity contribution in [2.75, 3.05) is 0 Å². The average molecular weight is 286 g/mol. The number of amides is 1. The van der Waals surface area contributed by atoms with Crippen LogP contribution in [-0.4, -0.2) is 32.0 Å². The van der Waals surface area contributed by atoms with E-state index in [2.05, 4.69) is 21.7 Å². The van der Waals surface area contributed by atoms with Crippen molar-refractivity contribution in [2.24, 2.45) is 0 Å². The topological polar surface area (TPSA) is 97.1 Å². The number of aromatic carboxylic acids is 1. The predicted molar refractivity (Wildman–Crippen MR) is 72.6 cm³/mol. The second-order valence-electron chi connectivity index (χ2n) is 4.96. The Kier molecular flexibility index (Phi) is 3.39. The Morgan fingerprint density at radius 3 is 2.95 bits per heavy atom. The van der Waals surface area contributed by atoms with Crippen LogP contribution in [0, 0.1) is 0 Å². The highest BCUT2D eigenvalue weighted by Crippen LogP contribution is 2.30. The number of nitrogens with zero attached hydrogens (tertiary/aromatic N) is 3. The Bertz CT molecular complexity index is 695. The number of rotatable bonds is 4. The third-order valence-corrected chi connectivity index (χ3v) is 3.53. The van der Waals surface area contributed by atoms with Gasteiger partial charge in [0.05, 0.1) is 12.2 Å². The zero-order valence-corrected chi connectivity index (χ0v) is 11.2. The number of hydrogen-bond acceptors (Lipinski definition) is 4. The first-order valence-corrected chi connectivity index (χ1v) is 6.64. The van der Waals surface area contributed by atoms with Crippen molar-refractivity contribution >= 4 is 11.9 Å². The average Bonchev–Trinajstić information content (AvgIpc) is 3.07. The Labute approximate surface area is 120 Å². The minimum absolute atomic E-state index is 0.0103. The Morgan fingerprint density at radius 2 is 2.19 bits per heavy atom. The van der Waals surface area contributed by atoms with Gasteiger partial charge in [-0.1, -0.05) is 29.5 Å². The van der Waals surface area contributed by atoms with Crippen molar-refractivity contribution in [3.8, 4) is 0 Å². The van der Waals surface area contributed by atoms with Gasteiger partial charge in [-0.05, 0) is 24.0 Å². The fourth-order valence-electron chi connectivity index (χ4n) is 2.57. The van der Waals surface area contributed by atoms with E-state index in [0.29, 0.717) is 0 Å². The molecular weight excluding hydrogens is 272 g/mol. The molecule has 0 radical (unpaired) electrons. The monoisotopic (exact) mass is 286 g/mol. The molecule has 0 saturated carbocycles. The minimum atomic E-state index is -1.16. The molecule has 1 atom stereocenters. The molecule has 2 N–H and O–H groups in total. The van der Waals surface area contributed by atoms with Crippen LogP contribution < -0.4 is 5.32 Å². The van der Waals surface area contributed by atoms with Crippen molar-refractivity contribution in [3.05, 3.63) is 47.3 Å². The second kappa shape index (κ2) is 5.35. The summed E-state index contributed by atoms with van der Waals surface area (Å²) in [6.45, 7) is -0.0427. The molecule has 0 fully saturated rings. The zero-order chi connectivity index (χ0) is 14.8.